The Kier molecular flexibility index (Phi) is 5.62. The van der Waals surface area contributed by atoms with Crippen LogP contribution < -0.4 is 16.0 Å². The van der Waals surface area contributed by atoms with Crippen molar-refractivity contribution in [1.82, 2.24) is 20.2 Å². The van der Waals surface area contributed by atoms with E-state index in [-0.39, 0.29) is 12.4 Å². The molecule has 0 saturated carbocycles. The van der Waals surface area contributed by atoms with Gasteiger partial charge in [-0.1, -0.05) is 19.1 Å². The molecule has 0 bridgehead atoms. The first-order valence-corrected chi connectivity index (χ1v) is 10.6. The molecule has 4 N–H and O–H groups in total. The van der Waals surface area contributed by atoms with Crippen LogP contribution in [0, 0.1) is 6.92 Å². The van der Waals surface area contributed by atoms with Gasteiger partial charge < -0.3 is 9.84 Å². The van der Waals surface area contributed by atoms with Gasteiger partial charge >= 0.3 is 0 Å². The van der Waals surface area contributed by atoms with Gasteiger partial charge in [0.15, 0.2) is 6.61 Å². The number of hydrazine groups is 1. The molecule has 0 aliphatic carbocycles. The predicted molar refractivity (Wildman–Crippen MR) is 121 cm³/mol. The van der Waals surface area contributed by atoms with E-state index < -0.39 is 5.91 Å². The Hall–Kier alpha value is -3.43. The molecule has 2 aromatic heterocycles. The van der Waals surface area contributed by atoms with Crippen molar-refractivity contribution in [3.8, 4) is 33.3 Å². The van der Waals surface area contributed by atoms with Crippen molar-refractivity contribution >= 4 is 27.5 Å². The lowest BCUT2D eigenvalue weighted by Crippen LogP contribution is -2.34. The number of ether oxygens (including phenoxy) is 1. The summed E-state index contributed by atoms with van der Waals surface area (Å²) in [7, 11) is 1.87. The summed E-state index contributed by atoms with van der Waals surface area (Å²) in [6, 6.07) is 11.3. The van der Waals surface area contributed by atoms with Gasteiger partial charge in [-0.3, -0.25) is 14.9 Å². The van der Waals surface area contributed by atoms with Crippen molar-refractivity contribution in [1.29, 1.82) is 0 Å². The summed E-state index contributed by atoms with van der Waals surface area (Å²) >= 11 is 1.59. The molecule has 31 heavy (non-hydrogen) atoms. The second kappa shape index (κ2) is 8.37. The number of fused-ring (bicyclic) bond motifs is 1. The average Bonchev–Trinajstić information content (AvgIpc) is 3.32. The Morgan fingerprint density at radius 1 is 1.32 bits per heavy atom. The maximum atomic E-state index is 11.4. The van der Waals surface area contributed by atoms with Gasteiger partial charge in [0, 0.05) is 24.4 Å². The zero-order valence-corrected chi connectivity index (χ0v) is 18.3. The number of aromatic hydroxyl groups is 1. The predicted octanol–water partition coefficient (Wildman–Crippen LogP) is 3.31. The molecule has 0 aliphatic rings. The van der Waals surface area contributed by atoms with E-state index in [4.69, 9.17) is 15.6 Å². The fraction of sp³-hybridized carbons (Fsp3) is 0.227. The molecule has 2 heterocycles. The van der Waals surface area contributed by atoms with Crippen LogP contribution in [0.5, 0.6) is 11.5 Å². The van der Waals surface area contributed by atoms with Gasteiger partial charge in [0.2, 0.25) is 0 Å². The fourth-order valence-electron chi connectivity index (χ4n) is 3.43. The molecule has 0 fully saturated rings. The van der Waals surface area contributed by atoms with E-state index in [1.54, 1.807) is 16.0 Å². The monoisotopic (exact) mass is 437 g/mol. The number of hydrogen-bond donors (Lipinski definition) is 3. The van der Waals surface area contributed by atoms with E-state index >= 15 is 0 Å². The number of para-hydroxylation sites is 1. The number of phenolic OH excluding ortho intramolecular Hbond substituents is 1. The number of rotatable bonds is 6. The smallest absolute Gasteiger partial charge is 0.271 e. The van der Waals surface area contributed by atoms with E-state index in [9.17, 15) is 9.90 Å². The summed E-state index contributed by atoms with van der Waals surface area (Å²) in [4.78, 5) is 16.2. The average molecular weight is 438 g/mol. The molecule has 0 atom stereocenters. The van der Waals surface area contributed by atoms with Crippen molar-refractivity contribution in [2.45, 2.75) is 20.3 Å². The van der Waals surface area contributed by atoms with Crippen LogP contribution in [-0.4, -0.2) is 32.4 Å². The molecule has 4 rings (SSSR count). The second-order valence-electron chi connectivity index (χ2n) is 7.11. The summed E-state index contributed by atoms with van der Waals surface area (Å²) in [6.07, 6.45) is 0.648. The Labute approximate surface area is 183 Å². The first kappa shape index (κ1) is 20.8. The Morgan fingerprint density at radius 2 is 2.10 bits per heavy atom. The topological polar surface area (TPSA) is 115 Å². The van der Waals surface area contributed by atoms with Crippen LogP contribution in [0.2, 0.25) is 0 Å². The molecule has 0 aliphatic heterocycles. The third-order valence-corrected chi connectivity index (χ3v) is 6.23. The maximum absolute atomic E-state index is 11.4. The third kappa shape index (κ3) is 3.85. The fourth-order valence-corrected chi connectivity index (χ4v) is 4.49. The lowest BCUT2D eigenvalue weighted by atomic mass is 10.0. The first-order chi connectivity index (χ1) is 14.9. The van der Waals surface area contributed by atoms with Crippen LogP contribution in [-0.2, 0) is 18.3 Å². The molecule has 1 amide bonds. The minimum Gasteiger partial charge on any atom is -0.507 e. The van der Waals surface area contributed by atoms with Crippen LogP contribution in [0.3, 0.4) is 0 Å². The quantitative estimate of drug-likeness (QED) is 0.242. The number of amides is 1. The number of carbonyl (C=O) groups excluding carboxylic acids is 1. The van der Waals surface area contributed by atoms with E-state index in [0.29, 0.717) is 23.4 Å². The summed E-state index contributed by atoms with van der Waals surface area (Å²) < 4.78 is 8.43. The first-order valence-electron chi connectivity index (χ1n) is 9.81. The number of nitrogens with two attached hydrogens (primary N) is 1. The van der Waals surface area contributed by atoms with Gasteiger partial charge in [0.1, 0.15) is 22.2 Å². The number of aromatic nitrogens is 3. The second-order valence-corrected chi connectivity index (χ2v) is 8.14. The lowest BCUT2D eigenvalue weighted by molar-refractivity contribution is -0.123. The molecular weight excluding hydrogens is 414 g/mol. The highest BCUT2D eigenvalue weighted by Crippen LogP contribution is 2.42. The lowest BCUT2D eigenvalue weighted by Gasteiger charge is -2.13. The normalized spacial score (nSPS) is 11.1. The summed E-state index contributed by atoms with van der Waals surface area (Å²) in [5.41, 5.74) is 6.87. The van der Waals surface area contributed by atoms with Gasteiger partial charge in [0.05, 0.1) is 15.8 Å². The molecule has 0 saturated heterocycles. The Morgan fingerprint density at radius 3 is 2.81 bits per heavy atom. The number of benzene rings is 2. The maximum Gasteiger partial charge on any atom is 0.271 e. The highest BCUT2D eigenvalue weighted by molar-refractivity contribution is 7.21. The van der Waals surface area contributed by atoms with Crippen molar-refractivity contribution in [2.24, 2.45) is 12.9 Å². The number of carbonyl (C=O) groups is 1. The molecule has 9 heteroatoms. The molecule has 4 aromatic rings. The minimum atomic E-state index is -0.455. The number of nitrogens with zero attached hydrogens (tertiary/aromatic N) is 3. The van der Waals surface area contributed by atoms with Gasteiger partial charge in [-0.2, -0.15) is 5.10 Å². The van der Waals surface area contributed by atoms with E-state index in [2.05, 4.69) is 5.10 Å². The highest BCUT2D eigenvalue weighted by atomic mass is 32.1. The standard InChI is InChI=1S/C22H23N5O3S/c1-4-13-9-14(16(28)10-17(13)30-11-19(29)25-23)21-20(12(2)27(3)26-21)22-24-15-7-5-6-8-18(15)31-22/h5-10,28H,4,11,23H2,1-3H3,(H,25,29). The number of nitrogens with one attached hydrogen (secondary N) is 1. The van der Waals surface area contributed by atoms with Gasteiger partial charge in [-0.15, -0.1) is 11.3 Å². The summed E-state index contributed by atoms with van der Waals surface area (Å²) in [6.45, 7) is 3.73. The van der Waals surface area contributed by atoms with E-state index in [0.717, 1.165) is 32.0 Å². The largest absolute Gasteiger partial charge is 0.507 e. The number of aryl methyl sites for hydroxylation is 2. The number of phenols is 1. The number of thiazole rings is 1. The molecular formula is C22H23N5O3S. The molecule has 2 aromatic carbocycles. The van der Waals surface area contributed by atoms with E-state index in [1.165, 1.54) is 6.07 Å². The molecule has 8 nitrogen and oxygen atoms in total. The Balaban J connectivity index is 1.83. The third-order valence-electron chi connectivity index (χ3n) is 5.18. The van der Waals surface area contributed by atoms with Crippen molar-refractivity contribution in [3.63, 3.8) is 0 Å². The van der Waals surface area contributed by atoms with Crippen LogP contribution in [0.25, 0.3) is 32.0 Å². The zero-order valence-electron chi connectivity index (χ0n) is 17.5. The van der Waals surface area contributed by atoms with Crippen molar-refractivity contribution in [2.75, 3.05) is 6.61 Å². The van der Waals surface area contributed by atoms with Crippen LogP contribution in [0.1, 0.15) is 18.2 Å². The minimum absolute atomic E-state index is 0.0146. The SMILES string of the molecule is CCc1cc(-c2nn(C)c(C)c2-c2nc3ccccc3s2)c(O)cc1OCC(=O)NN. The zero-order chi connectivity index (χ0) is 22.1. The van der Waals surface area contributed by atoms with E-state index in [1.807, 2.05) is 56.7 Å². The van der Waals surface area contributed by atoms with Crippen LogP contribution >= 0.6 is 11.3 Å². The van der Waals surface area contributed by atoms with Crippen LogP contribution in [0.4, 0.5) is 0 Å². The summed E-state index contributed by atoms with van der Waals surface area (Å²) in [5.74, 6) is 5.10. The van der Waals surface area contributed by atoms with Gasteiger partial charge in [-0.25, -0.2) is 10.8 Å². The van der Waals surface area contributed by atoms with Crippen molar-refractivity contribution < 1.29 is 14.6 Å². The number of hydrogen-bond acceptors (Lipinski definition) is 7. The van der Waals surface area contributed by atoms with Crippen molar-refractivity contribution in [3.05, 3.63) is 47.7 Å². The molecule has 160 valence electrons. The molecule has 0 unspecified atom stereocenters. The van der Waals surface area contributed by atoms with Gasteiger partial charge in [-0.05, 0) is 37.1 Å². The molecule has 0 radical (unpaired) electrons. The highest BCUT2D eigenvalue weighted by Gasteiger charge is 2.23. The molecule has 0 spiro atoms. The van der Waals surface area contributed by atoms with Gasteiger partial charge in [0.25, 0.3) is 5.91 Å². The summed E-state index contributed by atoms with van der Waals surface area (Å²) in [5, 5.41) is 16.4. The van der Waals surface area contributed by atoms with Crippen LogP contribution in [0.15, 0.2) is 36.4 Å². The Bertz CT molecular complexity index is 1240.